The van der Waals surface area contributed by atoms with Crippen molar-refractivity contribution in [1.29, 1.82) is 0 Å². The smallest absolute Gasteiger partial charge is 0.113 e. The zero-order valence-electron chi connectivity index (χ0n) is 13.0. The lowest BCUT2D eigenvalue weighted by molar-refractivity contribution is 0.0179. The number of halogens is 4. The van der Waals surface area contributed by atoms with Gasteiger partial charge in [-0.05, 0) is 35.4 Å². The molecule has 0 fully saturated rings. The molecule has 1 heterocycles. The fraction of sp³-hybridized carbons (Fsp3) is 0.167. The van der Waals surface area contributed by atoms with Gasteiger partial charge in [-0.3, -0.25) is 0 Å². The van der Waals surface area contributed by atoms with Crippen molar-refractivity contribution in [3.63, 3.8) is 0 Å². The standard InChI is InChI=1S/C18H14BrCl3N2O/c19-15-8-12(20)4-5-14(15)18(25,10-24-7-6-23-11-24)9-13-16(21)2-1-3-17(13)22/h1-8,11,25H,9-10H2. The molecule has 1 unspecified atom stereocenters. The third kappa shape index (κ3) is 4.21. The SMILES string of the molecule is OC(Cc1c(Cl)cccc1Cl)(Cn1ccnc1)c1ccc(Cl)cc1Br. The predicted molar refractivity (Wildman–Crippen MR) is 105 cm³/mol. The molecule has 0 aliphatic heterocycles. The van der Waals surface area contributed by atoms with Crippen LogP contribution in [0, 0.1) is 0 Å². The minimum Gasteiger partial charge on any atom is -0.383 e. The third-order valence-corrected chi connectivity index (χ3v) is 5.57. The Morgan fingerprint density at radius 2 is 1.84 bits per heavy atom. The maximum atomic E-state index is 11.6. The largest absolute Gasteiger partial charge is 0.383 e. The first-order chi connectivity index (χ1) is 11.9. The van der Waals surface area contributed by atoms with E-state index in [1.54, 1.807) is 55.1 Å². The molecule has 7 heteroatoms. The molecule has 0 aliphatic rings. The first kappa shape index (κ1) is 18.7. The number of hydrogen-bond acceptors (Lipinski definition) is 2. The van der Waals surface area contributed by atoms with Gasteiger partial charge in [0, 0.05) is 38.4 Å². The van der Waals surface area contributed by atoms with Gasteiger partial charge in [0.2, 0.25) is 0 Å². The lowest BCUT2D eigenvalue weighted by Gasteiger charge is -2.31. The number of nitrogens with zero attached hydrogens (tertiary/aromatic N) is 2. The maximum Gasteiger partial charge on any atom is 0.113 e. The Balaban J connectivity index is 2.08. The van der Waals surface area contributed by atoms with E-state index in [1.165, 1.54) is 0 Å². The first-order valence-corrected chi connectivity index (χ1v) is 9.38. The van der Waals surface area contributed by atoms with Crippen LogP contribution in [0.25, 0.3) is 0 Å². The number of aliphatic hydroxyl groups is 1. The Kier molecular flexibility index (Phi) is 5.76. The van der Waals surface area contributed by atoms with Crippen molar-refractivity contribution in [3.05, 3.63) is 85.8 Å². The first-order valence-electron chi connectivity index (χ1n) is 7.45. The molecule has 0 aliphatic carbocycles. The molecule has 0 bridgehead atoms. The van der Waals surface area contributed by atoms with Gasteiger partial charge < -0.3 is 9.67 Å². The van der Waals surface area contributed by atoms with Crippen LogP contribution in [0.15, 0.2) is 59.6 Å². The highest BCUT2D eigenvalue weighted by Crippen LogP contribution is 2.38. The molecule has 130 valence electrons. The van der Waals surface area contributed by atoms with Crippen molar-refractivity contribution in [2.24, 2.45) is 0 Å². The van der Waals surface area contributed by atoms with Gasteiger partial charge in [-0.1, -0.05) is 62.9 Å². The van der Waals surface area contributed by atoms with Crippen molar-refractivity contribution >= 4 is 50.7 Å². The van der Waals surface area contributed by atoms with Crippen molar-refractivity contribution in [2.75, 3.05) is 0 Å². The molecule has 0 amide bonds. The second-order valence-corrected chi connectivity index (χ2v) is 7.87. The van der Waals surface area contributed by atoms with E-state index in [9.17, 15) is 5.11 Å². The summed E-state index contributed by atoms with van der Waals surface area (Å²) in [5.74, 6) is 0. The summed E-state index contributed by atoms with van der Waals surface area (Å²) in [6.07, 6.45) is 5.36. The fourth-order valence-corrected chi connectivity index (χ4v) is 4.36. The lowest BCUT2D eigenvalue weighted by atomic mass is 9.87. The summed E-state index contributed by atoms with van der Waals surface area (Å²) >= 11 is 22.2. The van der Waals surface area contributed by atoms with E-state index >= 15 is 0 Å². The lowest BCUT2D eigenvalue weighted by Crippen LogP contribution is -2.34. The molecule has 0 spiro atoms. The number of rotatable bonds is 5. The topological polar surface area (TPSA) is 38.0 Å². The average Bonchev–Trinajstić information content (AvgIpc) is 3.03. The van der Waals surface area contributed by atoms with Crippen molar-refractivity contribution in [1.82, 2.24) is 9.55 Å². The van der Waals surface area contributed by atoms with Gasteiger partial charge in [0.25, 0.3) is 0 Å². The molecule has 3 rings (SSSR count). The van der Waals surface area contributed by atoms with Crippen molar-refractivity contribution in [2.45, 2.75) is 18.6 Å². The molecule has 2 aromatic carbocycles. The van der Waals surface area contributed by atoms with E-state index in [0.29, 0.717) is 30.7 Å². The highest BCUT2D eigenvalue weighted by Gasteiger charge is 2.33. The van der Waals surface area contributed by atoms with E-state index in [4.69, 9.17) is 34.8 Å². The van der Waals surface area contributed by atoms with Crippen LogP contribution in [0.4, 0.5) is 0 Å². The van der Waals surface area contributed by atoms with Gasteiger partial charge in [0.1, 0.15) is 5.60 Å². The fourth-order valence-electron chi connectivity index (χ4n) is 2.78. The van der Waals surface area contributed by atoms with Gasteiger partial charge in [-0.2, -0.15) is 0 Å². The van der Waals surface area contributed by atoms with E-state index in [0.717, 1.165) is 0 Å². The predicted octanol–water partition coefficient (Wildman–Crippen LogP) is 5.74. The normalized spacial score (nSPS) is 13.6. The highest BCUT2D eigenvalue weighted by atomic mass is 79.9. The second-order valence-electron chi connectivity index (χ2n) is 5.77. The van der Waals surface area contributed by atoms with Crippen LogP contribution in [-0.4, -0.2) is 14.7 Å². The monoisotopic (exact) mass is 458 g/mol. The Hall–Kier alpha value is -1.04. The van der Waals surface area contributed by atoms with Crippen LogP contribution < -0.4 is 0 Å². The number of hydrogen-bond donors (Lipinski definition) is 1. The number of aromatic nitrogens is 2. The molecular formula is C18H14BrCl3N2O. The van der Waals surface area contributed by atoms with E-state index in [2.05, 4.69) is 20.9 Å². The molecule has 0 saturated carbocycles. The number of imidazole rings is 1. The van der Waals surface area contributed by atoms with Gasteiger partial charge in [-0.15, -0.1) is 0 Å². The minimum absolute atomic E-state index is 0.240. The Labute approximate surface area is 169 Å². The highest BCUT2D eigenvalue weighted by molar-refractivity contribution is 9.10. The molecule has 25 heavy (non-hydrogen) atoms. The van der Waals surface area contributed by atoms with Crippen molar-refractivity contribution in [3.8, 4) is 0 Å². The van der Waals surface area contributed by atoms with Crippen LogP contribution in [0.3, 0.4) is 0 Å². The summed E-state index contributed by atoms with van der Waals surface area (Å²) in [5, 5.41) is 13.2. The zero-order chi connectivity index (χ0) is 18.0. The zero-order valence-corrected chi connectivity index (χ0v) is 16.8. The Morgan fingerprint density at radius 3 is 2.44 bits per heavy atom. The van der Waals surface area contributed by atoms with Crippen LogP contribution in [-0.2, 0) is 18.6 Å². The third-order valence-electron chi connectivity index (χ3n) is 3.97. The van der Waals surface area contributed by atoms with Crippen LogP contribution in [0.5, 0.6) is 0 Å². The molecule has 0 saturated heterocycles. The van der Waals surface area contributed by atoms with E-state index < -0.39 is 5.60 Å². The van der Waals surface area contributed by atoms with Gasteiger partial charge >= 0.3 is 0 Å². The van der Waals surface area contributed by atoms with E-state index in [-0.39, 0.29) is 13.0 Å². The van der Waals surface area contributed by atoms with Crippen LogP contribution >= 0.6 is 50.7 Å². The van der Waals surface area contributed by atoms with Gasteiger partial charge in [0.05, 0.1) is 12.9 Å². The minimum atomic E-state index is -1.27. The summed E-state index contributed by atoms with van der Waals surface area (Å²) in [5.41, 5.74) is 0.121. The van der Waals surface area contributed by atoms with Crippen LogP contribution in [0.1, 0.15) is 11.1 Å². The molecule has 1 N–H and O–H groups in total. The molecule has 1 atom stereocenters. The van der Waals surface area contributed by atoms with Gasteiger partial charge in [0.15, 0.2) is 0 Å². The second kappa shape index (κ2) is 7.68. The Morgan fingerprint density at radius 1 is 1.12 bits per heavy atom. The molecule has 3 nitrogen and oxygen atoms in total. The molecule has 3 aromatic rings. The average molecular weight is 461 g/mol. The molecule has 0 radical (unpaired) electrons. The summed E-state index contributed by atoms with van der Waals surface area (Å²) in [6.45, 7) is 0.286. The maximum absolute atomic E-state index is 11.6. The Bertz CT molecular complexity index is 866. The van der Waals surface area contributed by atoms with E-state index in [1.807, 2.05) is 4.57 Å². The summed E-state index contributed by atoms with van der Waals surface area (Å²) in [6, 6.07) is 10.6. The van der Waals surface area contributed by atoms with Gasteiger partial charge in [-0.25, -0.2) is 4.98 Å². The summed E-state index contributed by atoms with van der Waals surface area (Å²) in [4.78, 5) is 4.05. The van der Waals surface area contributed by atoms with Crippen molar-refractivity contribution < 1.29 is 5.11 Å². The number of benzene rings is 2. The summed E-state index contributed by atoms with van der Waals surface area (Å²) < 4.78 is 2.53. The summed E-state index contributed by atoms with van der Waals surface area (Å²) in [7, 11) is 0. The molecular weight excluding hydrogens is 446 g/mol. The molecule has 1 aromatic heterocycles. The van der Waals surface area contributed by atoms with Crippen LogP contribution in [0.2, 0.25) is 15.1 Å². The quantitative estimate of drug-likeness (QED) is 0.528.